The van der Waals surface area contributed by atoms with Crippen molar-refractivity contribution in [3.8, 4) is 17.4 Å². The van der Waals surface area contributed by atoms with Crippen LogP contribution in [0.15, 0.2) is 46.4 Å². The van der Waals surface area contributed by atoms with E-state index in [1.165, 1.54) is 5.56 Å². The normalized spacial score (nSPS) is 11.1. The van der Waals surface area contributed by atoms with Gasteiger partial charge in [-0.15, -0.1) is 0 Å². The van der Waals surface area contributed by atoms with Gasteiger partial charge in [-0.05, 0) is 19.1 Å². The molecule has 0 fully saturated rings. The maximum absolute atomic E-state index is 8.88. The zero-order chi connectivity index (χ0) is 13.8. The standard InChI is InChI=1S/C15H12N2OS/c1-10-2-4-11(5-3-10)14-7-6-13(18-14)8-12(9-16)15(17)19/h2-8H,1H3,(H2,17,19)/b12-8+. The van der Waals surface area contributed by atoms with Crippen LogP contribution < -0.4 is 5.73 Å². The van der Waals surface area contributed by atoms with Crippen LogP contribution in [-0.4, -0.2) is 4.99 Å². The third kappa shape index (κ3) is 3.09. The van der Waals surface area contributed by atoms with Crippen LogP contribution in [0.3, 0.4) is 0 Å². The Kier molecular flexibility index (Phi) is 3.79. The number of thiocarbonyl (C=S) groups is 1. The van der Waals surface area contributed by atoms with Crippen LogP contribution in [0.2, 0.25) is 0 Å². The van der Waals surface area contributed by atoms with Gasteiger partial charge in [0, 0.05) is 11.6 Å². The number of nitriles is 1. The minimum Gasteiger partial charge on any atom is -0.457 e. The number of hydrogen-bond donors (Lipinski definition) is 1. The van der Waals surface area contributed by atoms with Gasteiger partial charge in [-0.1, -0.05) is 42.0 Å². The molecule has 94 valence electrons. The van der Waals surface area contributed by atoms with Gasteiger partial charge in [0.2, 0.25) is 0 Å². The average molecular weight is 268 g/mol. The van der Waals surface area contributed by atoms with E-state index in [2.05, 4.69) is 0 Å². The summed E-state index contributed by atoms with van der Waals surface area (Å²) in [5.74, 6) is 1.30. The first-order valence-corrected chi connectivity index (χ1v) is 6.09. The predicted molar refractivity (Wildman–Crippen MR) is 79.3 cm³/mol. The molecule has 0 aliphatic heterocycles. The molecule has 2 rings (SSSR count). The number of furan rings is 1. The molecule has 0 amide bonds. The lowest BCUT2D eigenvalue weighted by Crippen LogP contribution is -2.09. The molecule has 1 aromatic heterocycles. The molecule has 0 saturated heterocycles. The Labute approximate surface area is 117 Å². The molecule has 2 aromatic rings. The maximum atomic E-state index is 8.88. The summed E-state index contributed by atoms with van der Waals surface area (Å²) in [4.78, 5) is 0.0655. The summed E-state index contributed by atoms with van der Waals surface area (Å²) < 4.78 is 5.65. The fourth-order valence-electron chi connectivity index (χ4n) is 1.60. The minimum atomic E-state index is 0.0655. The molecule has 4 heteroatoms. The van der Waals surface area contributed by atoms with Crippen molar-refractivity contribution in [1.82, 2.24) is 0 Å². The van der Waals surface area contributed by atoms with Gasteiger partial charge in [-0.3, -0.25) is 0 Å². The molecule has 0 unspecified atom stereocenters. The topological polar surface area (TPSA) is 63.0 Å². The van der Waals surface area contributed by atoms with Gasteiger partial charge in [0.05, 0.1) is 5.57 Å². The Balaban J connectivity index is 2.32. The van der Waals surface area contributed by atoms with Gasteiger partial charge < -0.3 is 10.2 Å². The molecule has 0 aliphatic carbocycles. The third-order valence-corrected chi connectivity index (χ3v) is 2.86. The summed E-state index contributed by atoms with van der Waals surface area (Å²) in [6, 6.07) is 13.6. The van der Waals surface area contributed by atoms with Crippen molar-refractivity contribution in [2.45, 2.75) is 6.92 Å². The fourth-order valence-corrected chi connectivity index (χ4v) is 1.71. The molecule has 1 heterocycles. The van der Waals surface area contributed by atoms with Crippen molar-refractivity contribution >= 4 is 23.3 Å². The number of nitrogens with zero attached hydrogens (tertiary/aromatic N) is 1. The van der Waals surface area contributed by atoms with Crippen molar-refractivity contribution in [3.05, 3.63) is 53.3 Å². The van der Waals surface area contributed by atoms with E-state index in [0.29, 0.717) is 5.76 Å². The molecular formula is C15H12N2OS. The lowest BCUT2D eigenvalue weighted by molar-refractivity contribution is 0.571. The molecule has 0 atom stereocenters. The van der Waals surface area contributed by atoms with Crippen LogP contribution in [0.4, 0.5) is 0 Å². The summed E-state index contributed by atoms with van der Waals surface area (Å²) in [7, 11) is 0. The second-order valence-electron chi connectivity index (χ2n) is 4.10. The lowest BCUT2D eigenvalue weighted by atomic mass is 10.1. The lowest BCUT2D eigenvalue weighted by Gasteiger charge is -1.97. The van der Waals surface area contributed by atoms with Crippen molar-refractivity contribution in [1.29, 1.82) is 5.26 Å². The number of benzene rings is 1. The molecule has 0 saturated carbocycles. The zero-order valence-corrected chi connectivity index (χ0v) is 11.2. The van der Waals surface area contributed by atoms with Crippen LogP contribution in [0.25, 0.3) is 17.4 Å². The Hall–Kier alpha value is -2.38. The number of hydrogen-bond acceptors (Lipinski definition) is 3. The average Bonchev–Trinajstić information content (AvgIpc) is 2.85. The molecule has 0 bridgehead atoms. The molecule has 0 aliphatic rings. The van der Waals surface area contributed by atoms with Gasteiger partial charge in [-0.2, -0.15) is 5.26 Å². The first-order chi connectivity index (χ1) is 9.10. The number of rotatable bonds is 3. The van der Waals surface area contributed by atoms with E-state index in [1.807, 2.05) is 43.3 Å². The number of aryl methyl sites for hydroxylation is 1. The first-order valence-electron chi connectivity index (χ1n) is 5.68. The van der Waals surface area contributed by atoms with Crippen LogP contribution >= 0.6 is 12.2 Å². The highest BCUT2D eigenvalue weighted by molar-refractivity contribution is 7.80. The maximum Gasteiger partial charge on any atom is 0.134 e. The molecule has 3 nitrogen and oxygen atoms in total. The Morgan fingerprint density at radius 1 is 1.26 bits per heavy atom. The minimum absolute atomic E-state index is 0.0655. The molecule has 0 radical (unpaired) electrons. The SMILES string of the molecule is Cc1ccc(-c2ccc(/C=C(\C#N)C(N)=S)o2)cc1. The fraction of sp³-hybridized carbons (Fsp3) is 0.0667. The zero-order valence-electron chi connectivity index (χ0n) is 10.4. The number of nitrogens with two attached hydrogens (primary N) is 1. The molecule has 0 spiro atoms. The van der Waals surface area contributed by atoms with E-state index >= 15 is 0 Å². The summed E-state index contributed by atoms with van der Waals surface area (Å²) in [5.41, 5.74) is 7.84. The van der Waals surface area contributed by atoms with Gasteiger partial charge in [0.1, 0.15) is 22.6 Å². The van der Waals surface area contributed by atoms with Crippen LogP contribution in [0.1, 0.15) is 11.3 Å². The summed E-state index contributed by atoms with van der Waals surface area (Å²) in [6.45, 7) is 2.03. The largest absolute Gasteiger partial charge is 0.457 e. The van der Waals surface area contributed by atoms with E-state index in [9.17, 15) is 0 Å². The van der Waals surface area contributed by atoms with E-state index in [4.69, 9.17) is 27.6 Å². The smallest absolute Gasteiger partial charge is 0.134 e. The molecule has 1 aromatic carbocycles. The summed E-state index contributed by atoms with van der Waals surface area (Å²) in [6.07, 6.45) is 1.54. The Morgan fingerprint density at radius 2 is 1.95 bits per heavy atom. The highest BCUT2D eigenvalue weighted by atomic mass is 32.1. The van der Waals surface area contributed by atoms with E-state index in [-0.39, 0.29) is 10.6 Å². The van der Waals surface area contributed by atoms with Crippen LogP contribution in [0.5, 0.6) is 0 Å². The predicted octanol–water partition coefficient (Wildman–Crippen LogP) is 3.45. The first kappa shape index (κ1) is 13.1. The molecular weight excluding hydrogens is 256 g/mol. The third-order valence-electron chi connectivity index (χ3n) is 2.64. The van der Waals surface area contributed by atoms with Gasteiger partial charge in [0.15, 0.2) is 0 Å². The molecule has 19 heavy (non-hydrogen) atoms. The molecule has 2 N–H and O–H groups in total. The Morgan fingerprint density at radius 3 is 2.53 bits per heavy atom. The van der Waals surface area contributed by atoms with E-state index in [0.717, 1.165) is 11.3 Å². The second-order valence-corrected chi connectivity index (χ2v) is 4.54. The van der Waals surface area contributed by atoms with Gasteiger partial charge in [-0.25, -0.2) is 0 Å². The van der Waals surface area contributed by atoms with Gasteiger partial charge >= 0.3 is 0 Å². The van der Waals surface area contributed by atoms with Crippen LogP contribution in [-0.2, 0) is 0 Å². The quantitative estimate of drug-likeness (QED) is 0.526. The summed E-state index contributed by atoms with van der Waals surface area (Å²) in [5, 5.41) is 8.88. The highest BCUT2D eigenvalue weighted by Crippen LogP contribution is 2.23. The Bertz CT molecular complexity index is 675. The van der Waals surface area contributed by atoms with Crippen molar-refractivity contribution < 1.29 is 4.42 Å². The van der Waals surface area contributed by atoms with Crippen molar-refractivity contribution in [2.75, 3.05) is 0 Å². The monoisotopic (exact) mass is 268 g/mol. The van der Waals surface area contributed by atoms with Crippen molar-refractivity contribution in [3.63, 3.8) is 0 Å². The summed E-state index contributed by atoms with van der Waals surface area (Å²) >= 11 is 4.78. The van der Waals surface area contributed by atoms with Gasteiger partial charge in [0.25, 0.3) is 0 Å². The van der Waals surface area contributed by atoms with Crippen molar-refractivity contribution in [2.24, 2.45) is 5.73 Å². The van der Waals surface area contributed by atoms with E-state index < -0.39 is 0 Å². The van der Waals surface area contributed by atoms with Crippen LogP contribution in [0, 0.1) is 18.3 Å². The highest BCUT2D eigenvalue weighted by Gasteiger charge is 2.05. The second kappa shape index (κ2) is 5.51. The van der Waals surface area contributed by atoms with E-state index in [1.54, 1.807) is 12.1 Å².